The third kappa shape index (κ3) is 5.08. The molecule has 0 aromatic carbocycles. The van der Waals surface area contributed by atoms with E-state index >= 15 is 0 Å². The monoisotopic (exact) mass is 170 g/mol. The van der Waals surface area contributed by atoms with Gasteiger partial charge in [0, 0.05) is 13.5 Å². The molecule has 12 heavy (non-hydrogen) atoms. The largest absolute Gasteiger partial charge is 0.377 e. The van der Waals surface area contributed by atoms with E-state index in [4.69, 9.17) is 4.74 Å². The zero-order chi connectivity index (χ0) is 9.56. The van der Waals surface area contributed by atoms with Gasteiger partial charge in [0.05, 0.1) is 0 Å². The normalized spacial score (nSPS) is 9.67. The quantitative estimate of drug-likeness (QED) is 0.592. The highest BCUT2D eigenvalue weighted by Crippen LogP contribution is 2.09. The van der Waals surface area contributed by atoms with Gasteiger partial charge in [-0.3, -0.25) is 4.79 Å². The van der Waals surface area contributed by atoms with Gasteiger partial charge in [-0.1, -0.05) is 11.1 Å². The molecule has 0 aliphatic carbocycles. The van der Waals surface area contributed by atoms with Gasteiger partial charge in [-0.05, 0) is 27.2 Å². The van der Waals surface area contributed by atoms with Crippen molar-refractivity contribution in [2.24, 2.45) is 0 Å². The molecule has 70 valence electrons. The van der Waals surface area contributed by atoms with Crippen molar-refractivity contribution in [2.75, 3.05) is 13.7 Å². The SMILES string of the molecule is COCC(=O)CCC(C)=C(C)C. The number of Topliss-reactive ketones (excluding diaryl/α,β-unsaturated/α-hetero) is 1. The lowest BCUT2D eigenvalue weighted by Crippen LogP contribution is -2.06. The first kappa shape index (κ1) is 11.4. The van der Waals surface area contributed by atoms with Crippen LogP contribution in [0.25, 0.3) is 0 Å². The van der Waals surface area contributed by atoms with Crippen LogP contribution >= 0.6 is 0 Å². The van der Waals surface area contributed by atoms with E-state index in [1.165, 1.54) is 11.1 Å². The second-order valence-corrected chi connectivity index (χ2v) is 3.25. The lowest BCUT2D eigenvalue weighted by molar-refractivity contribution is -0.122. The van der Waals surface area contributed by atoms with Crippen LogP contribution in [0, 0.1) is 0 Å². The van der Waals surface area contributed by atoms with Gasteiger partial charge in [0.1, 0.15) is 6.61 Å². The second kappa shape index (κ2) is 5.95. The Balaban J connectivity index is 3.69. The summed E-state index contributed by atoms with van der Waals surface area (Å²) in [6.45, 7) is 6.44. The van der Waals surface area contributed by atoms with Crippen LogP contribution in [0.4, 0.5) is 0 Å². The average Bonchev–Trinajstić information content (AvgIpc) is 2.00. The van der Waals surface area contributed by atoms with Crippen molar-refractivity contribution in [3.63, 3.8) is 0 Å². The molecule has 0 spiro atoms. The Labute approximate surface area is 74.6 Å². The molecule has 0 saturated carbocycles. The van der Waals surface area contributed by atoms with Crippen LogP contribution in [-0.4, -0.2) is 19.5 Å². The van der Waals surface area contributed by atoms with Crippen molar-refractivity contribution >= 4 is 5.78 Å². The highest BCUT2D eigenvalue weighted by molar-refractivity contribution is 5.79. The lowest BCUT2D eigenvalue weighted by Gasteiger charge is -2.02. The van der Waals surface area contributed by atoms with E-state index < -0.39 is 0 Å². The van der Waals surface area contributed by atoms with Crippen LogP contribution in [0.2, 0.25) is 0 Å². The van der Waals surface area contributed by atoms with Crippen LogP contribution < -0.4 is 0 Å². The molecule has 0 aromatic heterocycles. The van der Waals surface area contributed by atoms with E-state index in [0.717, 1.165) is 6.42 Å². The lowest BCUT2D eigenvalue weighted by atomic mass is 10.1. The summed E-state index contributed by atoms with van der Waals surface area (Å²) in [4.78, 5) is 11.0. The van der Waals surface area contributed by atoms with Crippen molar-refractivity contribution < 1.29 is 9.53 Å². The van der Waals surface area contributed by atoms with Crippen molar-refractivity contribution in [2.45, 2.75) is 33.6 Å². The second-order valence-electron chi connectivity index (χ2n) is 3.25. The number of ketones is 1. The summed E-state index contributed by atoms with van der Waals surface area (Å²) in [6, 6.07) is 0. The average molecular weight is 170 g/mol. The van der Waals surface area contributed by atoms with Gasteiger partial charge >= 0.3 is 0 Å². The fourth-order valence-corrected chi connectivity index (χ4v) is 0.810. The fraction of sp³-hybridized carbons (Fsp3) is 0.700. The van der Waals surface area contributed by atoms with Crippen molar-refractivity contribution in [3.05, 3.63) is 11.1 Å². The maximum atomic E-state index is 11.0. The first-order valence-corrected chi connectivity index (χ1v) is 4.21. The smallest absolute Gasteiger partial charge is 0.158 e. The number of rotatable bonds is 5. The summed E-state index contributed by atoms with van der Waals surface area (Å²) in [5.41, 5.74) is 2.61. The molecule has 0 amide bonds. The van der Waals surface area contributed by atoms with Crippen LogP contribution in [0.3, 0.4) is 0 Å². The minimum Gasteiger partial charge on any atom is -0.377 e. The van der Waals surface area contributed by atoms with Gasteiger partial charge < -0.3 is 4.74 Å². The number of hydrogen-bond acceptors (Lipinski definition) is 2. The van der Waals surface area contributed by atoms with Gasteiger partial charge in [0.2, 0.25) is 0 Å². The molecule has 0 fully saturated rings. The molecule has 2 nitrogen and oxygen atoms in total. The Kier molecular flexibility index (Phi) is 5.64. The predicted molar refractivity (Wildman–Crippen MR) is 50.2 cm³/mol. The van der Waals surface area contributed by atoms with Crippen LogP contribution in [0.15, 0.2) is 11.1 Å². The highest BCUT2D eigenvalue weighted by Gasteiger charge is 2.01. The van der Waals surface area contributed by atoms with Crippen LogP contribution in [-0.2, 0) is 9.53 Å². The highest BCUT2D eigenvalue weighted by atomic mass is 16.5. The van der Waals surface area contributed by atoms with E-state index in [1.807, 2.05) is 0 Å². The van der Waals surface area contributed by atoms with Gasteiger partial charge in [-0.15, -0.1) is 0 Å². The third-order valence-electron chi connectivity index (χ3n) is 1.94. The molecule has 0 bridgehead atoms. The van der Waals surface area contributed by atoms with Crippen LogP contribution in [0.1, 0.15) is 33.6 Å². The van der Waals surface area contributed by atoms with Gasteiger partial charge in [-0.2, -0.15) is 0 Å². The third-order valence-corrected chi connectivity index (χ3v) is 1.94. The summed E-state index contributed by atoms with van der Waals surface area (Å²) in [5.74, 6) is 0.179. The molecular formula is C10H18O2. The molecule has 0 saturated heterocycles. The number of hydrogen-bond donors (Lipinski definition) is 0. The van der Waals surface area contributed by atoms with Gasteiger partial charge in [0.15, 0.2) is 5.78 Å². The number of carbonyl (C=O) groups excluding carboxylic acids is 1. The maximum absolute atomic E-state index is 11.0. The van der Waals surface area contributed by atoms with E-state index in [9.17, 15) is 4.79 Å². The maximum Gasteiger partial charge on any atom is 0.158 e. The van der Waals surface area contributed by atoms with E-state index in [-0.39, 0.29) is 12.4 Å². The minimum absolute atomic E-state index is 0.179. The Bertz CT molecular complexity index is 176. The first-order chi connectivity index (χ1) is 5.57. The van der Waals surface area contributed by atoms with Crippen molar-refractivity contribution in [1.29, 1.82) is 0 Å². The molecule has 0 heterocycles. The molecule has 0 unspecified atom stereocenters. The number of carbonyl (C=O) groups is 1. The summed E-state index contributed by atoms with van der Waals surface area (Å²) in [7, 11) is 1.55. The molecular weight excluding hydrogens is 152 g/mol. The Morgan fingerprint density at radius 2 is 1.75 bits per heavy atom. The predicted octanol–water partition coefficient (Wildman–Crippen LogP) is 2.34. The Morgan fingerprint density at radius 3 is 2.17 bits per heavy atom. The summed E-state index contributed by atoms with van der Waals surface area (Å²) < 4.78 is 4.73. The molecule has 0 aliphatic heterocycles. The van der Waals surface area contributed by atoms with Gasteiger partial charge in [0.25, 0.3) is 0 Å². The Hall–Kier alpha value is -0.630. The zero-order valence-corrected chi connectivity index (χ0v) is 8.44. The van der Waals surface area contributed by atoms with Crippen LogP contribution in [0.5, 0.6) is 0 Å². The number of ether oxygens (including phenoxy) is 1. The Morgan fingerprint density at radius 1 is 1.17 bits per heavy atom. The number of methoxy groups -OCH3 is 1. The molecule has 0 rings (SSSR count). The topological polar surface area (TPSA) is 26.3 Å². The summed E-state index contributed by atoms with van der Waals surface area (Å²) >= 11 is 0. The standard InChI is InChI=1S/C10H18O2/c1-8(2)9(3)5-6-10(11)7-12-4/h5-7H2,1-4H3. The number of allylic oxidation sites excluding steroid dienone is 2. The molecule has 0 aromatic rings. The minimum atomic E-state index is 0.179. The zero-order valence-electron chi connectivity index (χ0n) is 8.44. The van der Waals surface area contributed by atoms with E-state index in [1.54, 1.807) is 7.11 Å². The summed E-state index contributed by atoms with van der Waals surface area (Å²) in [5, 5.41) is 0. The molecule has 2 heteroatoms. The molecule has 0 N–H and O–H groups in total. The molecule has 0 radical (unpaired) electrons. The molecule has 0 aliphatic rings. The van der Waals surface area contributed by atoms with Gasteiger partial charge in [-0.25, -0.2) is 0 Å². The van der Waals surface area contributed by atoms with Crippen molar-refractivity contribution in [3.8, 4) is 0 Å². The fourth-order valence-electron chi connectivity index (χ4n) is 0.810. The van der Waals surface area contributed by atoms with Crippen molar-refractivity contribution in [1.82, 2.24) is 0 Å². The first-order valence-electron chi connectivity index (χ1n) is 4.21. The van der Waals surface area contributed by atoms with E-state index in [2.05, 4.69) is 20.8 Å². The molecule has 0 atom stereocenters. The summed E-state index contributed by atoms with van der Waals surface area (Å²) in [6.07, 6.45) is 1.47. The van der Waals surface area contributed by atoms with E-state index in [0.29, 0.717) is 6.42 Å².